The second-order valence-corrected chi connectivity index (χ2v) is 8.70. The van der Waals surface area contributed by atoms with Crippen LogP contribution >= 0.6 is 0 Å². The molecule has 1 heterocycles. The molecule has 2 fully saturated rings. The average Bonchev–Trinajstić information content (AvgIpc) is 2.97. The molecule has 1 atom stereocenters. The quantitative estimate of drug-likeness (QED) is 0.801. The monoisotopic (exact) mass is 290 g/mol. The first kappa shape index (κ1) is 15.2. The van der Waals surface area contributed by atoms with Crippen LogP contribution in [0.25, 0.3) is 0 Å². The molecule has 0 amide bonds. The number of β-amino-alcohol motifs (C(OH)–C–C–N with tert-alkyl or cyclic N) is 1. The largest absolute Gasteiger partial charge is 0.389 e. The Bertz CT molecular complexity index is 412. The maximum absolute atomic E-state index is 12.3. The molecule has 0 aromatic heterocycles. The van der Waals surface area contributed by atoms with Crippen LogP contribution in [0.15, 0.2) is 0 Å². The van der Waals surface area contributed by atoms with Crippen LogP contribution in [-0.2, 0) is 10.0 Å². The van der Waals surface area contributed by atoms with Crippen molar-refractivity contribution in [1.29, 1.82) is 0 Å². The number of rotatable bonds is 5. The van der Waals surface area contributed by atoms with Crippen LogP contribution in [0.3, 0.4) is 0 Å². The summed E-state index contributed by atoms with van der Waals surface area (Å²) in [6.07, 6.45) is 2.12. The molecule has 6 heteroatoms. The zero-order chi connectivity index (χ0) is 14.3. The van der Waals surface area contributed by atoms with Crippen molar-refractivity contribution < 1.29 is 13.5 Å². The van der Waals surface area contributed by atoms with E-state index in [9.17, 15) is 13.5 Å². The molecular weight excluding hydrogens is 264 g/mol. The van der Waals surface area contributed by atoms with E-state index in [1.54, 1.807) is 18.2 Å². The fraction of sp³-hybridized carbons (Fsp3) is 1.00. The van der Waals surface area contributed by atoms with Gasteiger partial charge >= 0.3 is 0 Å². The highest BCUT2D eigenvalue weighted by Crippen LogP contribution is 2.32. The maximum atomic E-state index is 12.3. The second-order valence-electron chi connectivity index (χ2n) is 6.73. The lowest BCUT2D eigenvalue weighted by molar-refractivity contribution is 0.0180. The molecule has 1 unspecified atom stereocenters. The molecule has 1 saturated heterocycles. The number of aliphatic hydroxyl groups is 1. The van der Waals surface area contributed by atoms with Gasteiger partial charge in [-0.05, 0) is 39.5 Å². The van der Waals surface area contributed by atoms with Crippen molar-refractivity contribution in [3.63, 3.8) is 0 Å². The van der Waals surface area contributed by atoms with Crippen LogP contribution < -0.4 is 0 Å². The summed E-state index contributed by atoms with van der Waals surface area (Å²) >= 11 is 0. The Morgan fingerprint density at radius 1 is 1.26 bits per heavy atom. The highest BCUT2D eigenvalue weighted by atomic mass is 32.2. The van der Waals surface area contributed by atoms with Gasteiger partial charge in [0, 0.05) is 32.2 Å². The van der Waals surface area contributed by atoms with Crippen molar-refractivity contribution in [2.45, 2.75) is 45.3 Å². The third-order valence-electron chi connectivity index (χ3n) is 3.76. The summed E-state index contributed by atoms with van der Waals surface area (Å²) in [5.74, 6) is 0.717. The van der Waals surface area contributed by atoms with Crippen molar-refractivity contribution in [2.75, 3.05) is 31.9 Å². The Kier molecular flexibility index (Phi) is 4.26. The van der Waals surface area contributed by atoms with E-state index in [-0.39, 0.29) is 6.04 Å². The summed E-state index contributed by atoms with van der Waals surface area (Å²) in [6, 6.07) is -0.000139. The van der Waals surface area contributed by atoms with Crippen molar-refractivity contribution in [3.05, 3.63) is 0 Å². The van der Waals surface area contributed by atoms with Crippen LogP contribution in [0.1, 0.15) is 33.6 Å². The zero-order valence-corrected chi connectivity index (χ0v) is 13.0. The molecule has 0 aromatic rings. The molecule has 112 valence electrons. The summed E-state index contributed by atoms with van der Waals surface area (Å²) in [5, 5.41) is 9.84. The smallest absolute Gasteiger partial charge is 0.214 e. The van der Waals surface area contributed by atoms with Gasteiger partial charge in [0.15, 0.2) is 0 Å². The first-order chi connectivity index (χ1) is 8.67. The number of piperazine rings is 1. The summed E-state index contributed by atoms with van der Waals surface area (Å²) in [4.78, 5) is 2.15. The summed E-state index contributed by atoms with van der Waals surface area (Å²) in [7, 11) is -3.09. The predicted molar refractivity (Wildman–Crippen MR) is 75.4 cm³/mol. The van der Waals surface area contributed by atoms with Gasteiger partial charge in [-0.1, -0.05) is 0 Å². The molecule has 19 heavy (non-hydrogen) atoms. The maximum Gasteiger partial charge on any atom is 0.214 e. The standard InChI is InChI=1S/C13H26N2O3S/c1-11-8-14(10-13(2,3)16)6-7-15(11)19(17,18)9-12-4-5-12/h11-12,16H,4-10H2,1-3H3. The molecule has 1 aliphatic heterocycles. The molecule has 2 rings (SSSR count). The van der Waals surface area contributed by atoms with Crippen LogP contribution in [0, 0.1) is 5.92 Å². The van der Waals surface area contributed by atoms with Gasteiger partial charge in [0.2, 0.25) is 10.0 Å². The van der Waals surface area contributed by atoms with Gasteiger partial charge in [-0.25, -0.2) is 8.42 Å². The van der Waals surface area contributed by atoms with Gasteiger partial charge in [-0.15, -0.1) is 0 Å². The van der Waals surface area contributed by atoms with E-state index in [2.05, 4.69) is 4.90 Å². The molecule has 1 N–H and O–H groups in total. The summed E-state index contributed by atoms with van der Waals surface area (Å²) in [6.45, 7) is 8.08. The molecule has 5 nitrogen and oxygen atoms in total. The summed E-state index contributed by atoms with van der Waals surface area (Å²) in [5.41, 5.74) is -0.727. The average molecular weight is 290 g/mol. The highest BCUT2D eigenvalue weighted by Gasteiger charge is 2.37. The Morgan fingerprint density at radius 3 is 2.37 bits per heavy atom. The second kappa shape index (κ2) is 5.31. The SMILES string of the molecule is CC1CN(CC(C)(C)O)CCN1S(=O)(=O)CC1CC1. The van der Waals surface area contributed by atoms with Gasteiger partial charge in [0.1, 0.15) is 0 Å². The number of hydrogen-bond donors (Lipinski definition) is 1. The Balaban J connectivity index is 1.92. The molecule has 0 spiro atoms. The van der Waals surface area contributed by atoms with Crippen LogP contribution in [0.4, 0.5) is 0 Å². The molecular formula is C13H26N2O3S. The molecule has 0 aromatic carbocycles. The van der Waals surface area contributed by atoms with E-state index in [0.29, 0.717) is 37.8 Å². The van der Waals surface area contributed by atoms with Gasteiger partial charge < -0.3 is 5.11 Å². The van der Waals surface area contributed by atoms with Crippen molar-refractivity contribution in [1.82, 2.24) is 9.21 Å². The first-order valence-corrected chi connectivity index (χ1v) is 8.72. The van der Waals surface area contributed by atoms with Gasteiger partial charge in [-0.2, -0.15) is 4.31 Å². The first-order valence-electron chi connectivity index (χ1n) is 7.12. The molecule has 2 aliphatic rings. The van der Waals surface area contributed by atoms with E-state index in [1.165, 1.54) is 0 Å². The third kappa shape index (κ3) is 4.41. The molecule has 0 bridgehead atoms. The van der Waals surface area contributed by atoms with Crippen molar-refractivity contribution in [2.24, 2.45) is 5.92 Å². The van der Waals surface area contributed by atoms with E-state index in [0.717, 1.165) is 12.8 Å². The zero-order valence-electron chi connectivity index (χ0n) is 12.2. The minimum absolute atomic E-state index is 0.000139. The van der Waals surface area contributed by atoms with Gasteiger partial charge in [0.25, 0.3) is 0 Å². The third-order valence-corrected chi connectivity index (χ3v) is 5.91. The lowest BCUT2D eigenvalue weighted by atomic mass is 10.1. The Hall–Kier alpha value is -0.170. The number of nitrogens with zero attached hydrogens (tertiary/aromatic N) is 2. The van der Waals surface area contributed by atoms with Crippen LogP contribution in [0.5, 0.6) is 0 Å². The lowest BCUT2D eigenvalue weighted by Gasteiger charge is -2.40. The number of hydrogen-bond acceptors (Lipinski definition) is 4. The normalized spacial score (nSPS) is 27.7. The summed E-state index contributed by atoms with van der Waals surface area (Å²) < 4.78 is 26.3. The molecule has 0 radical (unpaired) electrons. The minimum Gasteiger partial charge on any atom is -0.389 e. The van der Waals surface area contributed by atoms with Crippen molar-refractivity contribution >= 4 is 10.0 Å². The molecule has 1 saturated carbocycles. The van der Waals surface area contributed by atoms with E-state index in [4.69, 9.17) is 0 Å². The van der Waals surface area contributed by atoms with Crippen molar-refractivity contribution in [3.8, 4) is 0 Å². The fourth-order valence-corrected chi connectivity index (χ4v) is 4.89. The topological polar surface area (TPSA) is 60.9 Å². The lowest BCUT2D eigenvalue weighted by Crippen LogP contribution is -2.56. The predicted octanol–water partition coefficient (Wildman–Crippen LogP) is 0.503. The van der Waals surface area contributed by atoms with E-state index in [1.807, 2.05) is 6.92 Å². The van der Waals surface area contributed by atoms with E-state index >= 15 is 0 Å². The Morgan fingerprint density at radius 2 is 1.89 bits per heavy atom. The Labute approximate surface area is 116 Å². The van der Waals surface area contributed by atoms with E-state index < -0.39 is 15.6 Å². The highest BCUT2D eigenvalue weighted by molar-refractivity contribution is 7.89. The fourth-order valence-electron chi connectivity index (χ4n) is 2.80. The minimum atomic E-state index is -3.09. The van der Waals surface area contributed by atoms with Crippen LogP contribution in [0.2, 0.25) is 0 Å². The van der Waals surface area contributed by atoms with Gasteiger partial charge in [0.05, 0.1) is 11.4 Å². The molecule has 1 aliphatic carbocycles. The van der Waals surface area contributed by atoms with Gasteiger partial charge in [-0.3, -0.25) is 4.90 Å². The van der Waals surface area contributed by atoms with Crippen LogP contribution in [-0.4, -0.2) is 66.3 Å². The number of sulfonamides is 1.